The molecule has 0 bridgehead atoms. The van der Waals surface area contributed by atoms with Crippen LogP contribution in [0.4, 0.5) is 13.6 Å². The predicted molar refractivity (Wildman–Crippen MR) is 273 cm³/mol. The molecule has 22 heteroatoms. The third kappa shape index (κ3) is 12.4. The number of halogens is 3. The van der Waals surface area contributed by atoms with E-state index < -0.39 is 37.6 Å². The number of sulfonamides is 2. The molecule has 7 aromatic rings. The van der Waals surface area contributed by atoms with E-state index in [0.717, 1.165) is 32.0 Å². The van der Waals surface area contributed by atoms with E-state index in [2.05, 4.69) is 32.0 Å². The van der Waals surface area contributed by atoms with Crippen LogP contribution < -0.4 is 11.1 Å². The molecule has 0 unspecified atom stereocenters. The SMILES string of the molecule is Cc1c(-c2cccc(S(=O)(=O)N(C)C)c2)c2cc(-c3nn[nH]n3)ccc2n1C/C(F)=C/CN.Cc1c(-c2cccc(S(=O)(=O)N(C)C)c2)c2cc(C#N)ccc2n1C/C(F)=C/CNC(=O)OC(C)(C)C.Cl. The van der Waals surface area contributed by atoms with E-state index in [1.807, 2.05) is 42.7 Å². The van der Waals surface area contributed by atoms with Crippen molar-refractivity contribution in [2.24, 2.45) is 5.73 Å². The van der Waals surface area contributed by atoms with Crippen LogP contribution in [0.2, 0.25) is 0 Å². The number of amides is 1. The standard InChI is InChI=1S/C27H31FN4O4S.C22H24FN7O2S.ClH/c1-18-25(20-8-7-9-22(15-20)37(34,35)31(5)6)23-14-19(16-29)10-11-24(23)32(18)17-21(28)12-13-30-26(33)36-27(2,3)4;1-14-21(15-5-4-6-18(11-15)33(31,32)29(2)3)19-12-16(22-25-27-28-26-22)7-8-20(19)30(14)13-17(23)9-10-24;/h7-12,14-15H,13,17H2,1-6H3,(H,30,33);4-9,11-12H,10,13,24H2,1-3H3,(H,25,26,27,28);1H/b21-12-;17-9-;. The van der Waals surface area contributed by atoms with Gasteiger partial charge in [-0.1, -0.05) is 24.3 Å². The highest BCUT2D eigenvalue weighted by Crippen LogP contribution is 2.39. The van der Waals surface area contributed by atoms with E-state index in [1.165, 1.54) is 50.7 Å². The van der Waals surface area contributed by atoms with E-state index in [0.29, 0.717) is 44.7 Å². The number of aromatic nitrogens is 6. The van der Waals surface area contributed by atoms with Crippen LogP contribution in [0.1, 0.15) is 37.7 Å². The van der Waals surface area contributed by atoms with Crippen molar-refractivity contribution in [3.63, 3.8) is 0 Å². The Hall–Kier alpha value is -6.80. The zero-order valence-corrected chi connectivity index (χ0v) is 43.1. The molecule has 3 heterocycles. The van der Waals surface area contributed by atoms with Gasteiger partial charge in [0.25, 0.3) is 0 Å². The zero-order valence-electron chi connectivity index (χ0n) is 40.7. The second kappa shape index (κ2) is 22.5. The Labute approximate surface area is 418 Å². The number of hydrogen-bond acceptors (Lipinski definition) is 11. The third-order valence-electron chi connectivity index (χ3n) is 11.1. The quantitative estimate of drug-likeness (QED) is 0.0937. The first kappa shape index (κ1) is 55.1. The monoisotopic (exact) mass is 1030 g/mol. The van der Waals surface area contributed by atoms with Crippen LogP contribution in [0.25, 0.3) is 55.4 Å². The number of nitrogens with zero attached hydrogens (tertiary/aromatic N) is 8. The van der Waals surface area contributed by atoms with Crippen molar-refractivity contribution in [2.75, 3.05) is 41.3 Å². The van der Waals surface area contributed by atoms with E-state index in [1.54, 1.807) is 79.9 Å². The van der Waals surface area contributed by atoms with Gasteiger partial charge in [-0.25, -0.2) is 39.0 Å². The van der Waals surface area contributed by atoms with Gasteiger partial charge in [0.2, 0.25) is 25.9 Å². The average Bonchev–Trinajstić information content (AvgIpc) is 4.01. The van der Waals surface area contributed by atoms with E-state index in [-0.39, 0.29) is 54.2 Å². The molecule has 1 amide bonds. The fourth-order valence-corrected chi connectivity index (χ4v) is 9.65. The number of carbonyl (C=O) groups excluding carboxylic acids is 1. The van der Waals surface area contributed by atoms with Gasteiger partial charge < -0.3 is 24.9 Å². The number of ether oxygens (including phenoxy) is 1. The summed E-state index contributed by atoms with van der Waals surface area (Å²) in [6.07, 6.45) is 1.96. The smallest absolute Gasteiger partial charge is 0.407 e. The first-order chi connectivity index (χ1) is 33.0. The summed E-state index contributed by atoms with van der Waals surface area (Å²) in [6, 6.07) is 26.1. The van der Waals surface area contributed by atoms with Gasteiger partial charge >= 0.3 is 6.09 Å². The summed E-state index contributed by atoms with van der Waals surface area (Å²) < 4.78 is 91.4. The molecular formula is C49H56ClF2N11O6S2. The number of nitrogens with two attached hydrogens (primary N) is 1. The Morgan fingerprint density at radius 2 is 1.30 bits per heavy atom. The maximum Gasteiger partial charge on any atom is 0.407 e. The number of alkyl carbamates (subject to hydrolysis) is 1. The summed E-state index contributed by atoms with van der Waals surface area (Å²) in [5.41, 5.74) is 11.8. The number of tetrazole rings is 1. The lowest BCUT2D eigenvalue weighted by atomic mass is 10.0. The van der Waals surface area contributed by atoms with E-state index >= 15 is 0 Å². The fraction of sp³-hybridized carbons (Fsp3) is 0.286. The molecule has 0 spiro atoms. The minimum absolute atomic E-state index is 0. The largest absolute Gasteiger partial charge is 0.444 e. The Bertz CT molecular complexity index is 3410. The average molecular weight is 1030 g/mol. The predicted octanol–water partition coefficient (Wildman–Crippen LogP) is 8.40. The molecule has 0 aliphatic heterocycles. The number of benzene rings is 4. The van der Waals surface area contributed by atoms with Crippen LogP contribution in [-0.4, -0.2) is 108 Å². The highest BCUT2D eigenvalue weighted by Gasteiger charge is 2.24. The maximum absolute atomic E-state index is 15.0. The van der Waals surface area contributed by atoms with Gasteiger partial charge in [-0.3, -0.25) is 0 Å². The minimum atomic E-state index is -3.67. The number of carbonyl (C=O) groups is 1. The minimum Gasteiger partial charge on any atom is -0.444 e. The molecule has 71 heavy (non-hydrogen) atoms. The maximum atomic E-state index is 15.0. The van der Waals surface area contributed by atoms with Gasteiger partial charge in [0.1, 0.15) is 17.3 Å². The Morgan fingerprint density at radius 1 is 0.789 bits per heavy atom. The van der Waals surface area contributed by atoms with Gasteiger partial charge in [-0.05, 0) is 124 Å². The molecule has 0 aliphatic rings. The molecule has 17 nitrogen and oxygen atoms in total. The van der Waals surface area contributed by atoms with Gasteiger partial charge in [0, 0.05) is 91.2 Å². The number of aromatic amines is 1. The lowest BCUT2D eigenvalue weighted by Gasteiger charge is -2.19. The molecule has 376 valence electrons. The summed E-state index contributed by atoms with van der Waals surface area (Å²) in [6.45, 7) is 8.87. The Morgan fingerprint density at radius 3 is 1.76 bits per heavy atom. The highest BCUT2D eigenvalue weighted by atomic mass is 35.5. The molecule has 0 saturated carbocycles. The topological polar surface area (TPSA) is 227 Å². The number of nitrogens with one attached hydrogen (secondary N) is 2. The van der Waals surface area contributed by atoms with Crippen molar-refractivity contribution in [3.8, 4) is 39.7 Å². The second-order valence-electron chi connectivity index (χ2n) is 17.5. The van der Waals surface area contributed by atoms with Crippen LogP contribution in [0.15, 0.2) is 119 Å². The van der Waals surface area contributed by atoms with Crippen molar-refractivity contribution in [1.82, 2.24) is 43.7 Å². The summed E-state index contributed by atoms with van der Waals surface area (Å²) in [5.74, 6) is -0.405. The van der Waals surface area contributed by atoms with E-state index in [9.17, 15) is 35.7 Å². The molecule has 0 radical (unpaired) electrons. The molecule has 0 saturated heterocycles. The second-order valence-corrected chi connectivity index (χ2v) is 21.8. The summed E-state index contributed by atoms with van der Waals surface area (Å²) >= 11 is 0. The summed E-state index contributed by atoms with van der Waals surface area (Å²) in [4.78, 5) is 12.1. The lowest BCUT2D eigenvalue weighted by Crippen LogP contribution is -2.32. The number of nitriles is 1. The van der Waals surface area contributed by atoms with Crippen LogP contribution >= 0.6 is 12.4 Å². The lowest BCUT2D eigenvalue weighted by molar-refractivity contribution is 0.0533. The zero-order chi connectivity index (χ0) is 51.3. The molecule has 0 atom stereocenters. The first-order valence-electron chi connectivity index (χ1n) is 21.8. The van der Waals surface area contributed by atoms with Gasteiger partial charge in [-0.2, -0.15) is 10.5 Å². The summed E-state index contributed by atoms with van der Waals surface area (Å²) in [7, 11) is -1.39. The fourth-order valence-electron chi connectivity index (χ4n) is 7.76. The van der Waals surface area contributed by atoms with Crippen LogP contribution in [-0.2, 0) is 37.9 Å². The third-order valence-corrected chi connectivity index (χ3v) is 14.7. The van der Waals surface area contributed by atoms with Gasteiger partial charge in [0.05, 0.1) is 34.5 Å². The number of allylic oxidation sites excluding steroid dienone is 2. The van der Waals surface area contributed by atoms with Crippen LogP contribution in [0.3, 0.4) is 0 Å². The van der Waals surface area contributed by atoms with Crippen molar-refractivity contribution in [1.29, 1.82) is 5.26 Å². The molecule has 4 N–H and O–H groups in total. The number of fused-ring (bicyclic) bond motifs is 2. The number of rotatable bonds is 14. The van der Waals surface area contributed by atoms with Crippen molar-refractivity contribution < 1.29 is 35.1 Å². The Kier molecular flexibility index (Phi) is 17.5. The van der Waals surface area contributed by atoms with Gasteiger partial charge in [-0.15, -0.1) is 22.6 Å². The van der Waals surface area contributed by atoms with E-state index in [4.69, 9.17) is 10.5 Å². The van der Waals surface area contributed by atoms with Crippen molar-refractivity contribution in [2.45, 2.75) is 63.1 Å². The van der Waals surface area contributed by atoms with Crippen LogP contribution in [0.5, 0.6) is 0 Å². The number of H-pyrrole nitrogens is 1. The van der Waals surface area contributed by atoms with Crippen LogP contribution in [0, 0.1) is 25.2 Å². The Balaban J connectivity index is 0.000000262. The molecular weight excluding hydrogens is 976 g/mol. The summed E-state index contributed by atoms with van der Waals surface area (Å²) in [5, 5.41) is 27.6. The number of hydrogen-bond donors (Lipinski definition) is 3. The normalized spacial score (nSPS) is 12.5. The molecule has 0 fully saturated rings. The molecule has 7 rings (SSSR count). The molecule has 3 aromatic heterocycles. The van der Waals surface area contributed by atoms with Crippen molar-refractivity contribution in [3.05, 3.63) is 126 Å². The highest BCUT2D eigenvalue weighted by molar-refractivity contribution is 7.89. The van der Waals surface area contributed by atoms with Gasteiger partial charge in [0.15, 0.2) is 0 Å². The van der Waals surface area contributed by atoms with Crippen molar-refractivity contribution >= 4 is 60.4 Å². The first-order valence-corrected chi connectivity index (χ1v) is 24.7. The molecule has 4 aromatic carbocycles. The molecule has 0 aliphatic carbocycles.